The molecule has 0 amide bonds. The summed E-state index contributed by atoms with van der Waals surface area (Å²) in [6.45, 7) is 3.19. The van der Waals surface area contributed by atoms with Crippen LogP contribution in [0.3, 0.4) is 0 Å². The molecule has 0 bridgehead atoms. The Bertz CT molecular complexity index is 396. The highest BCUT2D eigenvalue weighted by atomic mass is 16.6. The standard InChI is InChI=1S/C12H19N3O3/c1-2-3-4-7-18-9-10-5-6-11(14-13)12(8-10)15(16)17/h5-6,8,14H,2-4,7,9,13H2,1H3. The lowest BCUT2D eigenvalue weighted by Crippen LogP contribution is -2.09. The Balaban J connectivity index is 2.56. The van der Waals surface area contributed by atoms with Gasteiger partial charge in [-0.25, -0.2) is 0 Å². The fraction of sp³-hybridized carbons (Fsp3) is 0.500. The summed E-state index contributed by atoms with van der Waals surface area (Å²) < 4.78 is 5.46. The molecular weight excluding hydrogens is 234 g/mol. The molecule has 6 nitrogen and oxygen atoms in total. The minimum Gasteiger partial charge on any atom is -0.377 e. The summed E-state index contributed by atoms with van der Waals surface area (Å²) in [5, 5.41) is 10.8. The van der Waals surface area contributed by atoms with Gasteiger partial charge in [-0.15, -0.1) is 0 Å². The number of hydrazine groups is 1. The molecule has 0 aliphatic heterocycles. The van der Waals surface area contributed by atoms with Crippen molar-refractivity contribution < 1.29 is 9.66 Å². The molecule has 1 aromatic carbocycles. The smallest absolute Gasteiger partial charge is 0.294 e. The van der Waals surface area contributed by atoms with E-state index in [4.69, 9.17) is 10.6 Å². The van der Waals surface area contributed by atoms with Crippen LogP contribution in [0.1, 0.15) is 31.7 Å². The number of nitrogens with zero attached hydrogens (tertiary/aromatic N) is 1. The maximum absolute atomic E-state index is 10.8. The van der Waals surface area contributed by atoms with Crippen molar-refractivity contribution in [2.45, 2.75) is 32.8 Å². The molecule has 0 fully saturated rings. The number of nitro groups is 1. The first-order valence-corrected chi connectivity index (χ1v) is 6.00. The Morgan fingerprint density at radius 2 is 2.22 bits per heavy atom. The quantitative estimate of drug-likeness (QED) is 0.321. The van der Waals surface area contributed by atoms with E-state index in [9.17, 15) is 10.1 Å². The van der Waals surface area contributed by atoms with Crippen molar-refractivity contribution in [3.63, 3.8) is 0 Å². The number of hydrogen-bond donors (Lipinski definition) is 2. The number of nitrogens with two attached hydrogens (primary N) is 1. The van der Waals surface area contributed by atoms with Gasteiger partial charge in [-0.3, -0.25) is 16.0 Å². The molecule has 0 spiro atoms. The minimum absolute atomic E-state index is 0.0350. The average molecular weight is 253 g/mol. The normalized spacial score (nSPS) is 10.3. The van der Waals surface area contributed by atoms with Crippen LogP contribution in [-0.2, 0) is 11.3 Å². The van der Waals surface area contributed by atoms with Crippen LogP contribution in [0, 0.1) is 10.1 Å². The van der Waals surface area contributed by atoms with Crippen LogP contribution >= 0.6 is 0 Å². The molecule has 18 heavy (non-hydrogen) atoms. The van der Waals surface area contributed by atoms with Crippen LogP contribution in [0.5, 0.6) is 0 Å². The topological polar surface area (TPSA) is 90.4 Å². The summed E-state index contributed by atoms with van der Waals surface area (Å²) in [6, 6.07) is 4.83. The summed E-state index contributed by atoms with van der Waals surface area (Å²) in [7, 11) is 0. The molecule has 0 aromatic heterocycles. The van der Waals surface area contributed by atoms with E-state index >= 15 is 0 Å². The van der Waals surface area contributed by atoms with Gasteiger partial charge in [-0.1, -0.05) is 25.8 Å². The predicted octanol–water partition coefficient (Wildman–Crippen LogP) is 2.59. The van der Waals surface area contributed by atoms with Crippen LogP contribution in [0.4, 0.5) is 11.4 Å². The third kappa shape index (κ3) is 4.31. The number of rotatable bonds is 8. The molecule has 0 aliphatic carbocycles. The third-order valence-corrected chi connectivity index (χ3v) is 2.58. The van der Waals surface area contributed by atoms with Crippen LogP contribution < -0.4 is 11.3 Å². The summed E-state index contributed by atoms with van der Waals surface area (Å²) in [4.78, 5) is 10.4. The molecule has 0 saturated carbocycles. The Kier molecular flexibility index (Phi) is 6.10. The molecule has 1 rings (SSSR count). The Hall–Kier alpha value is -1.66. The molecule has 0 saturated heterocycles. The van der Waals surface area contributed by atoms with E-state index in [1.54, 1.807) is 12.1 Å². The molecule has 0 heterocycles. The van der Waals surface area contributed by atoms with E-state index in [0.717, 1.165) is 24.8 Å². The van der Waals surface area contributed by atoms with E-state index in [1.807, 2.05) is 0 Å². The van der Waals surface area contributed by atoms with E-state index in [1.165, 1.54) is 6.07 Å². The molecule has 3 N–H and O–H groups in total. The van der Waals surface area contributed by atoms with Crippen molar-refractivity contribution in [3.8, 4) is 0 Å². The van der Waals surface area contributed by atoms with E-state index in [2.05, 4.69) is 12.3 Å². The molecule has 0 aliphatic rings. The number of hydrogen-bond acceptors (Lipinski definition) is 5. The van der Waals surface area contributed by atoms with Crippen LogP contribution in [0.15, 0.2) is 18.2 Å². The van der Waals surface area contributed by atoms with E-state index in [-0.39, 0.29) is 5.69 Å². The molecule has 1 aromatic rings. The molecule has 0 radical (unpaired) electrons. The fourth-order valence-corrected chi connectivity index (χ4v) is 1.58. The van der Waals surface area contributed by atoms with Gasteiger partial charge in [0.25, 0.3) is 5.69 Å². The van der Waals surface area contributed by atoms with E-state index in [0.29, 0.717) is 18.9 Å². The van der Waals surface area contributed by atoms with Gasteiger partial charge in [0.05, 0.1) is 11.5 Å². The third-order valence-electron chi connectivity index (χ3n) is 2.58. The predicted molar refractivity (Wildman–Crippen MR) is 70.1 cm³/mol. The van der Waals surface area contributed by atoms with Gasteiger partial charge in [0, 0.05) is 12.7 Å². The highest BCUT2D eigenvalue weighted by molar-refractivity contribution is 5.61. The first kappa shape index (κ1) is 14.4. The second kappa shape index (κ2) is 7.62. The Morgan fingerprint density at radius 1 is 1.44 bits per heavy atom. The fourth-order valence-electron chi connectivity index (χ4n) is 1.58. The first-order chi connectivity index (χ1) is 8.69. The first-order valence-electron chi connectivity index (χ1n) is 6.00. The Labute approximate surface area is 106 Å². The highest BCUT2D eigenvalue weighted by Gasteiger charge is 2.13. The second-order valence-electron chi connectivity index (χ2n) is 4.01. The van der Waals surface area contributed by atoms with Crippen molar-refractivity contribution in [2.75, 3.05) is 12.0 Å². The zero-order valence-corrected chi connectivity index (χ0v) is 10.5. The molecule has 0 atom stereocenters. The summed E-state index contributed by atoms with van der Waals surface area (Å²) in [5.74, 6) is 5.21. The average Bonchev–Trinajstić information content (AvgIpc) is 2.38. The summed E-state index contributed by atoms with van der Waals surface area (Å²) in [5.41, 5.74) is 3.35. The highest BCUT2D eigenvalue weighted by Crippen LogP contribution is 2.24. The number of benzene rings is 1. The summed E-state index contributed by atoms with van der Waals surface area (Å²) >= 11 is 0. The van der Waals surface area contributed by atoms with Crippen molar-refractivity contribution in [2.24, 2.45) is 5.84 Å². The van der Waals surface area contributed by atoms with Crippen LogP contribution in [0.2, 0.25) is 0 Å². The van der Waals surface area contributed by atoms with Gasteiger partial charge >= 0.3 is 0 Å². The van der Waals surface area contributed by atoms with Gasteiger partial charge < -0.3 is 10.2 Å². The minimum atomic E-state index is -0.463. The van der Waals surface area contributed by atoms with Crippen LogP contribution in [0.25, 0.3) is 0 Å². The lowest BCUT2D eigenvalue weighted by molar-refractivity contribution is -0.384. The van der Waals surface area contributed by atoms with Crippen molar-refractivity contribution >= 4 is 11.4 Å². The molecule has 0 unspecified atom stereocenters. The van der Waals surface area contributed by atoms with Gasteiger partial charge in [0.1, 0.15) is 5.69 Å². The number of anilines is 1. The maximum Gasteiger partial charge on any atom is 0.294 e. The lowest BCUT2D eigenvalue weighted by atomic mass is 10.2. The molecule has 100 valence electrons. The number of nitro benzene ring substituents is 1. The lowest BCUT2D eigenvalue weighted by Gasteiger charge is -2.06. The van der Waals surface area contributed by atoms with Gasteiger partial charge in [-0.2, -0.15) is 0 Å². The van der Waals surface area contributed by atoms with Crippen molar-refractivity contribution in [1.29, 1.82) is 0 Å². The van der Waals surface area contributed by atoms with Crippen molar-refractivity contribution in [1.82, 2.24) is 0 Å². The van der Waals surface area contributed by atoms with Gasteiger partial charge in [-0.05, 0) is 18.1 Å². The zero-order valence-electron chi connectivity index (χ0n) is 10.5. The molecular formula is C12H19N3O3. The van der Waals surface area contributed by atoms with Gasteiger partial charge in [0.2, 0.25) is 0 Å². The second-order valence-corrected chi connectivity index (χ2v) is 4.01. The largest absolute Gasteiger partial charge is 0.377 e. The number of ether oxygens (including phenoxy) is 1. The zero-order chi connectivity index (χ0) is 13.4. The summed E-state index contributed by atoms with van der Waals surface area (Å²) in [6.07, 6.45) is 3.29. The van der Waals surface area contributed by atoms with Crippen molar-refractivity contribution in [3.05, 3.63) is 33.9 Å². The number of nitrogens with one attached hydrogen (secondary N) is 1. The van der Waals surface area contributed by atoms with Gasteiger partial charge in [0.15, 0.2) is 0 Å². The number of unbranched alkanes of at least 4 members (excludes halogenated alkanes) is 2. The maximum atomic E-state index is 10.8. The number of nitrogen functional groups attached to an aromatic ring is 1. The monoisotopic (exact) mass is 253 g/mol. The molecule has 6 heteroatoms. The Morgan fingerprint density at radius 3 is 2.83 bits per heavy atom. The SMILES string of the molecule is CCCCCOCc1ccc(NN)c([N+](=O)[O-])c1. The van der Waals surface area contributed by atoms with E-state index < -0.39 is 4.92 Å². The van der Waals surface area contributed by atoms with Crippen LogP contribution in [-0.4, -0.2) is 11.5 Å².